The molecule has 2 aromatic carbocycles. The van der Waals surface area contributed by atoms with Crippen molar-refractivity contribution in [1.29, 1.82) is 0 Å². The summed E-state index contributed by atoms with van der Waals surface area (Å²) in [7, 11) is 0. The number of amides is 1. The summed E-state index contributed by atoms with van der Waals surface area (Å²) < 4.78 is 13.0. The Labute approximate surface area is 116 Å². The summed E-state index contributed by atoms with van der Waals surface area (Å²) in [5.74, 6) is -1.13. The van der Waals surface area contributed by atoms with E-state index in [2.05, 4.69) is 6.07 Å². The number of nitrogens with zero attached hydrogens (tertiary/aromatic N) is 1. The number of phenolic OH excluding ortho intramolecular Hbond substituents is 1. The number of fused-ring (bicyclic) bond motifs is 1. The zero-order valence-electron chi connectivity index (χ0n) is 10.8. The van der Waals surface area contributed by atoms with Crippen molar-refractivity contribution < 1.29 is 14.3 Å². The van der Waals surface area contributed by atoms with E-state index in [1.54, 1.807) is 4.90 Å². The molecule has 102 valence electrons. The second kappa shape index (κ2) is 4.96. The van der Waals surface area contributed by atoms with Gasteiger partial charge < -0.3 is 10.0 Å². The predicted octanol–water partition coefficient (Wildman–Crippen LogP) is 2.73. The molecule has 0 bridgehead atoms. The van der Waals surface area contributed by atoms with Gasteiger partial charge in [0.2, 0.25) is 0 Å². The van der Waals surface area contributed by atoms with Crippen molar-refractivity contribution in [1.82, 2.24) is 4.90 Å². The summed E-state index contributed by atoms with van der Waals surface area (Å²) >= 11 is 0. The molecule has 20 heavy (non-hydrogen) atoms. The van der Waals surface area contributed by atoms with Gasteiger partial charge in [0.15, 0.2) is 0 Å². The van der Waals surface area contributed by atoms with Gasteiger partial charge in [0.05, 0.1) is 5.56 Å². The largest absolute Gasteiger partial charge is 0.507 e. The maximum Gasteiger partial charge on any atom is 0.257 e. The van der Waals surface area contributed by atoms with Crippen molar-refractivity contribution in [3.8, 4) is 5.75 Å². The molecule has 0 unspecified atom stereocenters. The number of carbonyl (C=O) groups is 1. The van der Waals surface area contributed by atoms with Gasteiger partial charge in [-0.3, -0.25) is 4.79 Å². The monoisotopic (exact) mass is 271 g/mol. The Kier molecular flexibility index (Phi) is 3.14. The molecular weight excluding hydrogens is 257 g/mol. The van der Waals surface area contributed by atoms with Crippen LogP contribution in [0.2, 0.25) is 0 Å². The molecule has 0 atom stereocenters. The molecule has 0 radical (unpaired) electrons. The Morgan fingerprint density at radius 3 is 2.65 bits per heavy atom. The number of aromatic hydroxyl groups is 1. The summed E-state index contributed by atoms with van der Waals surface area (Å²) in [6.45, 7) is 1.12. The lowest BCUT2D eigenvalue weighted by atomic mass is 9.99. The molecule has 0 fully saturated rings. The SMILES string of the molecule is O=C(c1ccc(F)cc1O)N1CCc2ccccc2C1. The molecule has 4 heteroatoms. The van der Waals surface area contributed by atoms with Crippen LogP contribution in [0.4, 0.5) is 4.39 Å². The Hall–Kier alpha value is -2.36. The van der Waals surface area contributed by atoms with Crippen molar-refractivity contribution in [3.05, 3.63) is 65.0 Å². The molecular formula is C16H14FNO2. The van der Waals surface area contributed by atoms with E-state index in [9.17, 15) is 14.3 Å². The molecule has 3 rings (SSSR count). The van der Waals surface area contributed by atoms with E-state index >= 15 is 0 Å². The zero-order valence-corrected chi connectivity index (χ0v) is 10.8. The highest BCUT2D eigenvalue weighted by atomic mass is 19.1. The van der Waals surface area contributed by atoms with Crippen molar-refractivity contribution in [2.45, 2.75) is 13.0 Å². The van der Waals surface area contributed by atoms with Gasteiger partial charge >= 0.3 is 0 Å². The van der Waals surface area contributed by atoms with E-state index in [1.165, 1.54) is 17.7 Å². The minimum Gasteiger partial charge on any atom is -0.507 e. The first kappa shape index (κ1) is 12.7. The second-order valence-electron chi connectivity index (χ2n) is 4.91. The van der Waals surface area contributed by atoms with Crippen LogP contribution in [0.15, 0.2) is 42.5 Å². The van der Waals surface area contributed by atoms with Gasteiger partial charge in [-0.05, 0) is 29.7 Å². The van der Waals surface area contributed by atoms with E-state index < -0.39 is 5.82 Å². The average Bonchev–Trinajstić information content (AvgIpc) is 2.46. The molecule has 0 saturated heterocycles. The molecule has 3 nitrogen and oxygen atoms in total. The lowest BCUT2D eigenvalue weighted by Gasteiger charge is -2.29. The third-order valence-electron chi connectivity index (χ3n) is 3.61. The first-order valence-corrected chi connectivity index (χ1v) is 6.50. The minimum atomic E-state index is -0.553. The summed E-state index contributed by atoms with van der Waals surface area (Å²) in [6.07, 6.45) is 0.796. The van der Waals surface area contributed by atoms with E-state index in [0.29, 0.717) is 13.1 Å². The van der Waals surface area contributed by atoms with Crippen LogP contribution < -0.4 is 0 Å². The number of carbonyl (C=O) groups excluding carboxylic acids is 1. The normalized spacial score (nSPS) is 13.9. The Morgan fingerprint density at radius 1 is 1.15 bits per heavy atom. The minimum absolute atomic E-state index is 0.144. The van der Waals surface area contributed by atoms with Crippen LogP contribution in [-0.4, -0.2) is 22.5 Å². The highest BCUT2D eigenvalue weighted by Gasteiger charge is 2.23. The molecule has 1 heterocycles. The first-order valence-electron chi connectivity index (χ1n) is 6.50. The summed E-state index contributed by atoms with van der Waals surface area (Å²) in [5, 5.41) is 9.70. The molecule has 2 aromatic rings. The lowest BCUT2D eigenvalue weighted by molar-refractivity contribution is 0.0731. The molecule has 1 aliphatic heterocycles. The smallest absolute Gasteiger partial charge is 0.257 e. The van der Waals surface area contributed by atoms with Crippen LogP contribution in [0.5, 0.6) is 5.75 Å². The van der Waals surface area contributed by atoms with Gasteiger partial charge in [-0.2, -0.15) is 0 Å². The fourth-order valence-corrected chi connectivity index (χ4v) is 2.53. The maximum atomic E-state index is 13.0. The Balaban J connectivity index is 1.86. The van der Waals surface area contributed by atoms with Gasteiger partial charge in [-0.1, -0.05) is 24.3 Å². The van der Waals surface area contributed by atoms with Crippen LogP contribution in [0.1, 0.15) is 21.5 Å². The summed E-state index contributed by atoms with van der Waals surface area (Å²) in [4.78, 5) is 14.1. The fraction of sp³-hybridized carbons (Fsp3) is 0.188. The van der Waals surface area contributed by atoms with Gasteiger partial charge in [-0.25, -0.2) is 4.39 Å². The van der Waals surface area contributed by atoms with E-state index in [4.69, 9.17) is 0 Å². The number of hydrogen-bond donors (Lipinski definition) is 1. The standard InChI is InChI=1S/C16H14FNO2/c17-13-5-6-14(15(19)9-13)16(20)18-8-7-11-3-1-2-4-12(11)10-18/h1-6,9,19H,7-8,10H2. The van der Waals surface area contributed by atoms with Crippen LogP contribution >= 0.6 is 0 Å². The molecule has 1 N–H and O–H groups in total. The summed E-state index contributed by atoms with van der Waals surface area (Å²) in [6, 6.07) is 11.5. The van der Waals surface area contributed by atoms with Crippen molar-refractivity contribution in [3.63, 3.8) is 0 Å². The fourth-order valence-electron chi connectivity index (χ4n) is 2.53. The molecule has 0 aromatic heterocycles. The maximum absolute atomic E-state index is 13.0. The molecule has 0 spiro atoms. The zero-order chi connectivity index (χ0) is 14.1. The molecule has 1 amide bonds. The highest BCUT2D eigenvalue weighted by molar-refractivity contribution is 5.96. The molecule has 0 aliphatic carbocycles. The number of halogens is 1. The number of phenols is 1. The van der Waals surface area contributed by atoms with Crippen LogP contribution in [0.3, 0.4) is 0 Å². The van der Waals surface area contributed by atoms with Crippen LogP contribution in [-0.2, 0) is 13.0 Å². The average molecular weight is 271 g/mol. The second-order valence-corrected chi connectivity index (χ2v) is 4.91. The van der Waals surface area contributed by atoms with Crippen molar-refractivity contribution in [2.24, 2.45) is 0 Å². The third-order valence-corrected chi connectivity index (χ3v) is 3.61. The predicted molar refractivity (Wildman–Crippen MR) is 73.0 cm³/mol. The van der Waals surface area contributed by atoms with E-state index in [0.717, 1.165) is 18.1 Å². The van der Waals surface area contributed by atoms with Crippen LogP contribution in [0, 0.1) is 5.82 Å². The van der Waals surface area contributed by atoms with Gasteiger partial charge in [-0.15, -0.1) is 0 Å². The number of hydrogen-bond acceptors (Lipinski definition) is 2. The quantitative estimate of drug-likeness (QED) is 0.866. The van der Waals surface area contributed by atoms with Gasteiger partial charge in [0, 0.05) is 19.2 Å². The summed E-state index contributed by atoms with van der Waals surface area (Å²) in [5.41, 5.74) is 2.51. The van der Waals surface area contributed by atoms with Gasteiger partial charge in [0.25, 0.3) is 5.91 Å². The first-order chi connectivity index (χ1) is 9.65. The van der Waals surface area contributed by atoms with Crippen LogP contribution in [0.25, 0.3) is 0 Å². The molecule has 1 aliphatic rings. The number of benzene rings is 2. The van der Waals surface area contributed by atoms with Crippen molar-refractivity contribution >= 4 is 5.91 Å². The third kappa shape index (κ3) is 2.25. The number of rotatable bonds is 1. The van der Waals surface area contributed by atoms with E-state index in [1.807, 2.05) is 18.2 Å². The lowest BCUT2D eigenvalue weighted by Crippen LogP contribution is -2.35. The van der Waals surface area contributed by atoms with Gasteiger partial charge in [0.1, 0.15) is 11.6 Å². The topological polar surface area (TPSA) is 40.5 Å². The van der Waals surface area contributed by atoms with E-state index in [-0.39, 0.29) is 17.2 Å². The Bertz CT molecular complexity index is 669. The Morgan fingerprint density at radius 2 is 1.90 bits per heavy atom. The molecule has 0 saturated carbocycles. The van der Waals surface area contributed by atoms with Crippen molar-refractivity contribution in [2.75, 3.05) is 6.54 Å². The highest BCUT2D eigenvalue weighted by Crippen LogP contribution is 2.24.